The Hall–Kier alpha value is -1.99. The van der Waals surface area contributed by atoms with E-state index < -0.39 is 0 Å². The van der Waals surface area contributed by atoms with Gasteiger partial charge in [0, 0.05) is 12.0 Å². The molecule has 0 heterocycles. The van der Waals surface area contributed by atoms with Crippen LogP contribution in [0.25, 0.3) is 0 Å². The average molecular weight is 353 g/mol. The summed E-state index contributed by atoms with van der Waals surface area (Å²) in [7, 11) is 0. The number of nitrogens with one attached hydrogen (secondary N) is 1. The van der Waals surface area contributed by atoms with Gasteiger partial charge >= 0.3 is 5.97 Å². The Morgan fingerprint density at radius 3 is 2.21 bits per heavy atom. The standard InChI is InChI=1S/C16H22O3.CH5N3S/c1-2-3-4-5-6-7-8-16(18)19-15-11-9-14(13-17)10-12-15;2-1(5)4-3/h9-13H,2-8H2,1H3;3H2,(H3,2,4,5). The molecule has 0 spiro atoms. The molecule has 0 atom stereocenters. The molecule has 24 heavy (non-hydrogen) atoms. The van der Waals surface area contributed by atoms with Crippen molar-refractivity contribution in [1.29, 1.82) is 0 Å². The number of hydrazine groups is 1. The largest absolute Gasteiger partial charge is 0.427 e. The highest BCUT2D eigenvalue weighted by Gasteiger charge is 2.04. The number of rotatable bonds is 9. The molecule has 5 N–H and O–H groups in total. The minimum absolute atomic E-state index is 0.116. The number of thiocarbonyl (C=S) groups is 1. The van der Waals surface area contributed by atoms with Gasteiger partial charge in [-0.3, -0.25) is 9.59 Å². The quantitative estimate of drug-likeness (QED) is 0.119. The molecule has 0 radical (unpaired) electrons. The highest BCUT2D eigenvalue weighted by atomic mass is 32.1. The zero-order valence-corrected chi connectivity index (χ0v) is 14.9. The van der Waals surface area contributed by atoms with Crippen molar-refractivity contribution >= 4 is 29.6 Å². The second-order valence-electron chi connectivity index (χ2n) is 5.19. The lowest BCUT2D eigenvalue weighted by Crippen LogP contribution is -2.34. The van der Waals surface area contributed by atoms with Crippen LogP contribution in [-0.2, 0) is 4.79 Å². The summed E-state index contributed by atoms with van der Waals surface area (Å²) in [4.78, 5) is 22.0. The van der Waals surface area contributed by atoms with Crippen molar-refractivity contribution < 1.29 is 14.3 Å². The van der Waals surface area contributed by atoms with Crippen molar-refractivity contribution in [3.8, 4) is 5.75 Å². The molecule has 0 unspecified atom stereocenters. The molecule has 0 aromatic heterocycles. The lowest BCUT2D eigenvalue weighted by atomic mass is 10.1. The number of benzene rings is 1. The smallest absolute Gasteiger partial charge is 0.311 e. The van der Waals surface area contributed by atoms with Crippen molar-refractivity contribution in [2.24, 2.45) is 11.6 Å². The van der Waals surface area contributed by atoms with Crippen LogP contribution < -0.4 is 21.7 Å². The Balaban J connectivity index is 0.000000922. The number of hydrogen-bond acceptors (Lipinski definition) is 5. The second-order valence-corrected chi connectivity index (χ2v) is 5.63. The minimum atomic E-state index is -0.200. The van der Waals surface area contributed by atoms with Gasteiger partial charge in [-0.2, -0.15) is 0 Å². The van der Waals surface area contributed by atoms with E-state index in [1.54, 1.807) is 24.3 Å². The number of ether oxygens (including phenoxy) is 1. The van der Waals surface area contributed by atoms with Crippen LogP contribution in [0.1, 0.15) is 62.2 Å². The van der Waals surface area contributed by atoms with Gasteiger partial charge in [-0.25, -0.2) is 5.84 Å². The zero-order chi connectivity index (χ0) is 18.2. The van der Waals surface area contributed by atoms with Gasteiger partial charge in [0.2, 0.25) is 0 Å². The van der Waals surface area contributed by atoms with Crippen molar-refractivity contribution in [2.45, 2.75) is 51.9 Å². The number of nitrogens with two attached hydrogens (primary N) is 2. The first-order valence-corrected chi connectivity index (χ1v) is 8.46. The number of unbranched alkanes of at least 4 members (excludes halogenated alkanes) is 5. The highest BCUT2D eigenvalue weighted by molar-refractivity contribution is 7.80. The zero-order valence-electron chi connectivity index (χ0n) is 14.1. The lowest BCUT2D eigenvalue weighted by Gasteiger charge is -2.04. The van der Waals surface area contributed by atoms with Crippen LogP contribution in [0.2, 0.25) is 0 Å². The number of carbonyl (C=O) groups is 2. The van der Waals surface area contributed by atoms with Crippen molar-refractivity contribution in [2.75, 3.05) is 0 Å². The molecule has 1 rings (SSSR count). The fraction of sp³-hybridized carbons (Fsp3) is 0.471. The van der Waals surface area contributed by atoms with Crippen LogP contribution in [0, 0.1) is 0 Å². The number of hydrogen-bond donors (Lipinski definition) is 3. The summed E-state index contributed by atoms with van der Waals surface area (Å²) >= 11 is 4.24. The summed E-state index contributed by atoms with van der Waals surface area (Å²) in [5.41, 5.74) is 7.40. The van der Waals surface area contributed by atoms with Crippen LogP contribution in [0.3, 0.4) is 0 Å². The predicted molar refractivity (Wildman–Crippen MR) is 99.6 cm³/mol. The van der Waals surface area contributed by atoms with E-state index in [1.807, 2.05) is 5.43 Å². The molecule has 0 aliphatic heterocycles. The Labute approximate surface area is 148 Å². The van der Waals surface area contributed by atoms with Gasteiger partial charge in [-0.1, -0.05) is 39.0 Å². The average Bonchev–Trinajstić information content (AvgIpc) is 2.59. The van der Waals surface area contributed by atoms with E-state index in [1.165, 1.54) is 25.7 Å². The van der Waals surface area contributed by atoms with Crippen LogP contribution in [-0.4, -0.2) is 17.4 Å². The van der Waals surface area contributed by atoms with E-state index in [2.05, 4.69) is 25.0 Å². The molecule has 0 amide bonds. The first kappa shape index (κ1) is 22.0. The topological polar surface area (TPSA) is 107 Å². The summed E-state index contributed by atoms with van der Waals surface area (Å²) in [5, 5.41) is 0.116. The van der Waals surface area contributed by atoms with Gasteiger partial charge in [0.25, 0.3) is 0 Å². The van der Waals surface area contributed by atoms with E-state index >= 15 is 0 Å². The van der Waals surface area contributed by atoms with Gasteiger partial charge in [0.1, 0.15) is 12.0 Å². The monoisotopic (exact) mass is 353 g/mol. The third-order valence-electron chi connectivity index (χ3n) is 3.12. The van der Waals surface area contributed by atoms with Crippen LogP contribution in [0.4, 0.5) is 0 Å². The Kier molecular flexibility index (Phi) is 13.4. The van der Waals surface area contributed by atoms with Gasteiger partial charge in [-0.15, -0.1) is 0 Å². The SMILES string of the molecule is CCCCCCCCC(=O)Oc1ccc(C=O)cc1.NNC(N)=S. The van der Waals surface area contributed by atoms with Gasteiger partial charge < -0.3 is 15.9 Å². The first-order valence-electron chi connectivity index (χ1n) is 8.05. The van der Waals surface area contributed by atoms with Crippen LogP contribution in [0.5, 0.6) is 5.75 Å². The maximum Gasteiger partial charge on any atom is 0.311 e. The van der Waals surface area contributed by atoms with Crippen molar-refractivity contribution in [1.82, 2.24) is 5.43 Å². The fourth-order valence-corrected chi connectivity index (χ4v) is 1.85. The van der Waals surface area contributed by atoms with Gasteiger partial charge in [0.05, 0.1) is 0 Å². The molecular formula is C17H27N3O3S. The first-order chi connectivity index (χ1) is 11.5. The van der Waals surface area contributed by atoms with Gasteiger partial charge in [0.15, 0.2) is 5.11 Å². The Morgan fingerprint density at radius 1 is 1.17 bits per heavy atom. The Morgan fingerprint density at radius 2 is 1.71 bits per heavy atom. The van der Waals surface area contributed by atoms with E-state index in [0.717, 1.165) is 19.1 Å². The predicted octanol–water partition coefficient (Wildman–Crippen LogP) is 2.85. The fourth-order valence-electron chi connectivity index (χ4n) is 1.85. The normalized spacial score (nSPS) is 9.42. The second kappa shape index (κ2) is 14.6. The van der Waals surface area contributed by atoms with E-state index in [9.17, 15) is 9.59 Å². The molecule has 1 aromatic rings. The lowest BCUT2D eigenvalue weighted by molar-refractivity contribution is -0.134. The molecule has 0 saturated heterocycles. The maximum absolute atomic E-state index is 11.6. The van der Waals surface area contributed by atoms with Crippen LogP contribution in [0.15, 0.2) is 24.3 Å². The molecule has 6 nitrogen and oxygen atoms in total. The summed E-state index contributed by atoms with van der Waals surface area (Å²) < 4.78 is 5.19. The highest BCUT2D eigenvalue weighted by Crippen LogP contribution is 2.13. The number of carbonyl (C=O) groups excluding carboxylic acids is 2. The number of esters is 1. The molecule has 134 valence electrons. The third-order valence-corrected chi connectivity index (χ3v) is 3.24. The maximum atomic E-state index is 11.6. The molecule has 1 aromatic carbocycles. The summed E-state index contributed by atoms with van der Waals surface area (Å²) in [6, 6.07) is 6.56. The number of aldehydes is 1. The van der Waals surface area contributed by atoms with E-state index in [-0.39, 0.29) is 11.1 Å². The minimum Gasteiger partial charge on any atom is -0.427 e. The van der Waals surface area contributed by atoms with Gasteiger partial charge in [-0.05, 0) is 42.9 Å². The third kappa shape index (κ3) is 12.5. The van der Waals surface area contributed by atoms with E-state index in [4.69, 9.17) is 10.5 Å². The molecule has 0 fully saturated rings. The summed E-state index contributed by atoms with van der Waals surface area (Å²) in [6.45, 7) is 2.19. The summed E-state index contributed by atoms with van der Waals surface area (Å²) in [5.74, 6) is 4.96. The van der Waals surface area contributed by atoms with Crippen molar-refractivity contribution in [3.05, 3.63) is 29.8 Å². The van der Waals surface area contributed by atoms with Crippen LogP contribution >= 0.6 is 12.2 Å². The molecule has 0 aliphatic rings. The molecule has 0 bridgehead atoms. The van der Waals surface area contributed by atoms with Crippen molar-refractivity contribution in [3.63, 3.8) is 0 Å². The van der Waals surface area contributed by atoms with E-state index in [0.29, 0.717) is 17.7 Å². The molecule has 7 heteroatoms. The molecule has 0 saturated carbocycles. The summed E-state index contributed by atoms with van der Waals surface area (Å²) in [6.07, 6.45) is 8.14. The molecule has 0 aliphatic carbocycles. The molecular weight excluding hydrogens is 326 g/mol. The Bertz CT molecular complexity index is 492.